The third kappa shape index (κ3) is 4.51. The average molecular weight is 301 g/mol. The number of carbonyl (C=O) groups excluding carboxylic acids is 3. The summed E-state index contributed by atoms with van der Waals surface area (Å²) < 4.78 is 8.96. The summed E-state index contributed by atoms with van der Waals surface area (Å²) in [5.41, 5.74) is 0.206. The lowest BCUT2D eigenvalue weighted by Crippen LogP contribution is -2.40. The molecule has 0 aromatic carbocycles. The maximum absolute atomic E-state index is 12.2. The number of methoxy groups -OCH3 is 2. The molecule has 0 bridgehead atoms. The van der Waals surface area contributed by atoms with Gasteiger partial charge in [-0.3, -0.25) is 14.4 Å². The van der Waals surface area contributed by atoms with Gasteiger partial charge in [0.15, 0.2) is 0 Å². The summed E-state index contributed by atoms with van der Waals surface area (Å²) in [7, 11) is 2.37. The Labute approximate surface area is 120 Å². The molecule has 8 heteroatoms. The maximum atomic E-state index is 12.2. The molecular weight excluding hydrogens is 288 g/mol. The number of carbonyl (C=O) groups is 3. The first-order chi connectivity index (χ1) is 9.47. The predicted molar refractivity (Wildman–Crippen MR) is 69.2 cm³/mol. The van der Waals surface area contributed by atoms with E-state index < -0.39 is 17.8 Å². The molecule has 0 radical (unpaired) electrons. The molecular formula is C12H13ClN2O5. The van der Waals surface area contributed by atoms with Gasteiger partial charge in [-0.05, 0) is 12.1 Å². The zero-order valence-corrected chi connectivity index (χ0v) is 11.7. The average Bonchev–Trinajstić information content (AvgIpc) is 2.45. The molecule has 1 aromatic rings. The van der Waals surface area contributed by atoms with Crippen molar-refractivity contribution in [3.63, 3.8) is 0 Å². The molecule has 0 aliphatic heterocycles. The van der Waals surface area contributed by atoms with Crippen LogP contribution >= 0.6 is 11.6 Å². The molecule has 0 N–H and O–H groups in total. The number of hydrogen-bond acceptors (Lipinski definition) is 6. The summed E-state index contributed by atoms with van der Waals surface area (Å²) in [6.45, 7) is -0.741. The molecule has 1 aromatic heterocycles. The van der Waals surface area contributed by atoms with Crippen molar-refractivity contribution < 1.29 is 23.9 Å². The van der Waals surface area contributed by atoms with Crippen molar-refractivity contribution >= 4 is 29.4 Å². The summed E-state index contributed by atoms with van der Waals surface area (Å²) in [5.74, 6) is -1.85. The van der Waals surface area contributed by atoms with Crippen LogP contribution in [0.5, 0.6) is 0 Å². The minimum absolute atomic E-state index is 0.131. The monoisotopic (exact) mass is 300 g/mol. The van der Waals surface area contributed by atoms with E-state index in [1.54, 1.807) is 0 Å². The largest absolute Gasteiger partial charge is 0.468 e. The van der Waals surface area contributed by atoms with Gasteiger partial charge >= 0.3 is 11.9 Å². The Bertz CT molecular complexity index is 502. The molecule has 7 nitrogen and oxygen atoms in total. The number of pyridine rings is 1. The first kappa shape index (κ1) is 15.9. The second-order valence-corrected chi connectivity index (χ2v) is 4.07. The quantitative estimate of drug-likeness (QED) is 0.582. The highest BCUT2D eigenvalue weighted by molar-refractivity contribution is 6.29. The molecule has 20 heavy (non-hydrogen) atoms. The van der Waals surface area contributed by atoms with Gasteiger partial charge in [0.1, 0.15) is 18.2 Å². The molecule has 0 fully saturated rings. The summed E-state index contributed by atoms with van der Waals surface area (Å²) >= 11 is 5.69. The SMILES string of the molecule is COC(=O)CN(CC(=O)OC)C(=O)c1ccnc(Cl)c1. The Balaban J connectivity index is 2.93. The van der Waals surface area contributed by atoms with Crippen LogP contribution in [0.15, 0.2) is 18.3 Å². The minimum Gasteiger partial charge on any atom is -0.468 e. The van der Waals surface area contributed by atoms with Gasteiger partial charge in [-0.1, -0.05) is 11.6 Å². The highest BCUT2D eigenvalue weighted by atomic mass is 35.5. The fraction of sp³-hybridized carbons (Fsp3) is 0.333. The molecule has 0 atom stereocenters. The van der Waals surface area contributed by atoms with Crippen molar-refractivity contribution in [2.24, 2.45) is 0 Å². The van der Waals surface area contributed by atoms with Gasteiger partial charge in [0.2, 0.25) is 0 Å². The van der Waals surface area contributed by atoms with Gasteiger partial charge in [0.05, 0.1) is 14.2 Å². The van der Waals surface area contributed by atoms with E-state index in [1.165, 1.54) is 32.5 Å². The van der Waals surface area contributed by atoms with Gasteiger partial charge in [-0.2, -0.15) is 0 Å². The summed E-state index contributed by atoms with van der Waals surface area (Å²) in [5, 5.41) is 0.131. The van der Waals surface area contributed by atoms with Gasteiger partial charge in [-0.15, -0.1) is 0 Å². The third-order valence-corrected chi connectivity index (χ3v) is 2.56. The van der Waals surface area contributed by atoms with E-state index in [1.807, 2.05) is 0 Å². The van der Waals surface area contributed by atoms with Crippen molar-refractivity contribution in [2.75, 3.05) is 27.3 Å². The van der Waals surface area contributed by atoms with Gasteiger partial charge in [0.25, 0.3) is 5.91 Å². The number of nitrogens with zero attached hydrogens (tertiary/aromatic N) is 2. The number of esters is 2. The second-order valence-electron chi connectivity index (χ2n) is 3.68. The number of hydrogen-bond donors (Lipinski definition) is 0. The number of halogens is 1. The summed E-state index contributed by atoms with van der Waals surface area (Å²) in [6, 6.07) is 2.77. The Morgan fingerprint density at radius 3 is 2.20 bits per heavy atom. The molecule has 0 saturated carbocycles. The van der Waals surface area contributed by atoms with Crippen LogP contribution in [-0.2, 0) is 19.1 Å². The van der Waals surface area contributed by atoms with E-state index in [2.05, 4.69) is 14.5 Å². The minimum atomic E-state index is -0.651. The first-order valence-corrected chi connectivity index (χ1v) is 5.90. The van der Waals surface area contributed by atoms with E-state index in [0.717, 1.165) is 4.90 Å². The number of rotatable bonds is 5. The molecule has 1 rings (SSSR count). The van der Waals surface area contributed by atoms with E-state index in [0.29, 0.717) is 0 Å². The Morgan fingerprint density at radius 2 is 1.75 bits per heavy atom. The lowest BCUT2D eigenvalue weighted by molar-refractivity contribution is -0.144. The summed E-state index contributed by atoms with van der Waals surface area (Å²) in [6.07, 6.45) is 1.35. The van der Waals surface area contributed by atoms with Crippen LogP contribution in [0.1, 0.15) is 10.4 Å². The Kier molecular flexibility index (Phi) is 5.92. The number of aromatic nitrogens is 1. The zero-order valence-electron chi connectivity index (χ0n) is 11.0. The van der Waals surface area contributed by atoms with Crippen molar-refractivity contribution in [3.05, 3.63) is 29.0 Å². The lowest BCUT2D eigenvalue weighted by Gasteiger charge is -2.20. The van der Waals surface area contributed by atoms with Crippen molar-refractivity contribution in [3.8, 4) is 0 Å². The smallest absolute Gasteiger partial charge is 0.325 e. The predicted octanol–water partition coefficient (Wildman–Crippen LogP) is 0.523. The highest BCUT2D eigenvalue weighted by Crippen LogP contribution is 2.10. The molecule has 1 heterocycles. The van der Waals surface area contributed by atoms with Crippen molar-refractivity contribution in [1.29, 1.82) is 0 Å². The van der Waals surface area contributed by atoms with Crippen LogP contribution in [0.3, 0.4) is 0 Å². The van der Waals surface area contributed by atoms with Gasteiger partial charge in [0, 0.05) is 11.8 Å². The summed E-state index contributed by atoms with van der Waals surface area (Å²) in [4.78, 5) is 39.6. The topological polar surface area (TPSA) is 85.8 Å². The van der Waals surface area contributed by atoms with E-state index in [9.17, 15) is 14.4 Å². The van der Waals surface area contributed by atoms with Crippen LogP contribution in [0, 0.1) is 0 Å². The zero-order chi connectivity index (χ0) is 15.1. The molecule has 1 amide bonds. The van der Waals surface area contributed by atoms with E-state index >= 15 is 0 Å². The number of amides is 1. The lowest BCUT2D eigenvalue weighted by atomic mass is 10.2. The molecule has 0 saturated heterocycles. The fourth-order valence-corrected chi connectivity index (χ4v) is 1.53. The molecule has 0 unspecified atom stereocenters. The van der Waals surface area contributed by atoms with Crippen LogP contribution in [0.4, 0.5) is 0 Å². The Morgan fingerprint density at radius 1 is 1.20 bits per heavy atom. The second kappa shape index (κ2) is 7.44. The van der Waals surface area contributed by atoms with E-state index in [-0.39, 0.29) is 23.8 Å². The normalized spacial score (nSPS) is 9.75. The van der Waals surface area contributed by atoms with Gasteiger partial charge < -0.3 is 14.4 Å². The van der Waals surface area contributed by atoms with Crippen molar-refractivity contribution in [1.82, 2.24) is 9.88 Å². The van der Waals surface area contributed by atoms with Crippen LogP contribution in [0.2, 0.25) is 5.15 Å². The highest BCUT2D eigenvalue weighted by Gasteiger charge is 2.22. The van der Waals surface area contributed by atoms with Crippen molar-refractivity contribution in [2.45, 2.75) is 0 Å². The Hall–Kier alpha value is -2.15. The van der Waals surface area contributed by atoms with Gasteiger partial charge in [-0.25, -0.2) is 4.98 Å². The fourth-order valence-electron chi connectivity index (χ4n) is 1.36. The third-order valence-electron chi connectivity index (χ3n) is 2.36. The molecule has 0 aliphatic carbocycles. The van der Waals surface area contributed by atoms with Crippen LogP contribution < -0.4 is 0 Å². The standard InChI is InChI=1S/C12H13ClN2O5/c1-19-10(16)6-15(7-11(17)20-2)12(18)8-3-4-14-9(13)5-8/h3-5H,6-7H2,1-2H3. The molecule has 0 spiro atoms. The number of ether oxygens (including phenoxy) is 2. The molecule has 108 valence electrons. The maximum Gasteiger partial charge on any atom is 0.325 e. The van der Waals surface area contributed by atoms with Crippen LogP contribution in [-0.4, -0.2) is 55.0 Å². The first-order valence-electron chi connectivity index (χ1n) is 5.52. The molecule has 0 aliphatic rings. The van der Waals surface area contributed by atoms with E-state index in [4.69, 9.17) is 11.6 Å². The van der Waals surface area contributed by atoms with Crippen LogP contribution in [0.25, 0.3) is 0 Å².